The quantitative estimate of drug-likeness (QED) is 0.800. The van der Waals surface area contributed by atoms with Gasteiger partial charge in [0.2, 0.25) is 0 Å². The van der Waals surface area contributed by atoms with Gasteiger partial charge in [-0.1, -0.05) is 13.3 Å². The van der Waals surface area contributed by atoms with Crippen LogP contribution in [0.2, 0.25) is 0 Å². The molecule has 0 saturated carbocycles. The summed E-state index contributed by atoms with van der Waals surface area (Å²) < 4.78 is 0. The van der Waals surface area contributed by atoms with Crippen molar-refractivity contribution in [3.63, 3.8) is 0 Å². The van der Waals surface area contributed by atoms with Crippen molar-refractivity contribution in [3.05, 3.63) is 0 Å². The first-order chi connectivity index (χ1) is 9.97. The Morgan fingerprint density at radius 3 is 2.71 bits per heavy atom. The molecule has 0 aromatic carbocycles. The molecule has 0 aromatic rings. The summed E-state index contributed by atoms with van der Waals surface area (Å²) >= 11 is 0. The topological polar surface area (TPSA) is 72.9 Å². The molecule has 2 atom stereocenters. The van der Waals surface area contributed by atoms with Crippen LogP contribution in [0.25, 0.3) is 0 Å². The van der Waals surface area contributed by atoms with Crippen LogP contribution in [-0.2, 0) is 4.79 Å². The summed E-state index contributed by atoms with van der Waals surface area (Å²) in [5, 5.41) is 12.4. The number of rotatable bonds is 5. The van der Waals surface area contributed by atoms with Gasteiger partial charge in [0.25, 0.3) is 0 Å². The lowest BCUT2D eigenvalue weighted by molar-refractivity contribution is -0.148. The molecule has 2 amide bonds. The van der Waals surface area contributed by atoms with Crippen molar-refractivity contribution in [1.82, 2.24) is 15.1 Å². The molecular formula is C15H27N3O3. The van der Waals surface area contributed by atoms with E-state index in [-0.39, 0.29) is 6.03 Å². The van der Waals surface area contributed by atoms with Gasteiger partial charge < -0.3 is 20.2 Å². The van der Waals surface area contributed by atoms with Crippen molar-refractivity contribution < 1.29 is 14.7 Å². The lowest BCUT2D eigenvalue weighted by Gasteiger charge is -2.24. The summed E-state index contributed by atoms with van der Waals surface area (Å²) in [5.41, 5.74) is -0.736. The fourth-order valence-corrected chi connectivity index (χ4v) is 3.55. The zero-order chi connectivity index (χ0) is 15.5. The van der Waals surface area contributed by atoms with Gasteiger partial charge in [-0.05, 0) is 38.8 Å². The van der Waals surface area contributed by atoms with Crippen molar-refractivity contribution in [2.75, 3.05) is 39.8 Å². The van der Waals surface area contributed by atoms with Crippen LogP contribution in [0.5, 0.6) is 0 Å². The Bertz CT molecular complexity index is 402. The van der Waals surface area contributed by atoms with E-state index in [1.807, 2.05) is 6.92 Å². The Morgan fingerprint density at radius 2 is 2.14 bits per heavy atom. The molecular weight excluding hydrogens is 270 g/mol. The minimum Gasteiger partial charge on any atom is -0.481 e. The van der Waals surface area contributed by atoms with Gasteiger partial charge in [-0.2, -0.15) is 0 Å². The van der Waals surface area contributed by atoms with Crippen molar-refractivity contribution >= 4 is 12.0 Å². The monoisotopic (exact) mass is 297 g/mol. The van der Waals surface area contributed by atoms with E-state index in [4.69, 9.17) is 0 Å². The van der Waals surface area contributed by atoms with E-state index in [0.29, 0.717) is 38.4 Å². The molecule has 2 unspecified atom stereocenters. The first-order valence-electron chi connectivity index (χ1n) is 7.91. The standard InChI is InChI=1S/C15H27N3O3/c1-3-5-15(13(19)20)6-8-18(11-15)14(21)16-9-12-4-7-17(2)10-12/h12H,3-11H2,1-2H3,(H,16,21)(H,19,20). The van der Waals surface area contributed by atoms with Crippen LogP contribution in [-0.4, -0.2) is 66.7 Å². The molecule has 2 aliphatic rings. The third-order valence-corrected chi connectivity index (χ3v) is 4.85. The molecule has 0 spiro atoms. The maximum atomic E-state index is 12.2. The second-order valence-electron chi connectivity index (χ2n) is 6.61. The van der Waals surface area contributed by atoms with Crippen LogP contribution in [0.3, 0.4) is 0 Å². The highest BCUT2D eigenvalue weighted by Gasteiger charge is 2.45. The van der Waals surface area contributed by atoms with Crippen molar-refractivity contribution in [2.24, 2.45) is 11.3 Å². The van der Waals surface area contributed by atoms with Crippen LogP contribution < -0.4 is 5.32 Å². The molecule has 6 heteroatoms. The second kappa shape index (κ2) is 6.64. The van der Waals surface area contributed by atoms with E-state index in [9.17, 15) is 14.7 Å². The summed E-state index contributed by atoms with van der Waals surface area (Å²) in [6.07, 6.45) is 3.15. The van der Waals surface area contributed by atoms with E-state index in [2.05, 4.69) is 17.3 Å². The second-order valence-corrected chi connectivity index (χ2v) is 6.61. The third-order valence-electron chi connectivity index (χ3n) is 4.85. The predicted molar refractivity (Wildman–Crippen MR) is 80.2 cm³/mol. The SMILES string of the molecule is CCCC1(C(=O)O)CCN(C(=O)NCC2CCN(C)C2)C1. The van der Waals surface area contributed by atoms with Crippen molar-refractivity contribution in [2.45, 2.75) is 32.6 Å². The van der Waals surface area contributed by atoms with Crippen LogP contribution in [0.15, 0.2) is 0 Å². The number of hydrogen-bond donors (Lipinski definition) is 2. The zero-order valence-corrected chi connectivity index (χ0v) is 13.1. The number of hydrogen-bond acceptors (Lipinski definition) is 3. The van der Waals surface area contributed by atoms with Gasteiger partial charge in [0.15, 0.2) is 0 Å². The van der Waals surface area contributed by atoms with E-state index < -0.39 is 11.4 Å². The average molecular weight is 297 g/mol. The Labute approximate surface area is 126 Å². The Morgan fingerprint density at radius 1 is 1.38 bits per heavy atom. The number of urea groups is 1. The number of carbonyl (C=O) groups excluding carboxylic acids is 1. The van der Waals surface area contributed by atoms with E-state index in [1.54, 1.807) is 4.90 Å². The lowest BCUT2D eigenvalue weighted by Crippen LogP contribution is -2.43. The molecule has 0 radical (unpaired) electrons. The molecule has 2 rings (SSSR count). The first-order valence-corrected chi connectivity index (χ1v) is 7.91. The number of nitrogens with zero attached hydrogens (tertiary/aromatic N) is 2. The van der Waals surface area contributed by atoms with Crippen molar-refractivity contribution in [1.29, 1.82) is 0 Å². The molecule has 2 saturated heterocycles. The minimum atomic E-state index is -0.767. The predicted octanol–water partition coefficient (Wildman–Crippen LogP) is 1.22. The Kier molecular flexibility index (Phi) is 5.08. The third kappa shape index (κ3) is 3.67. The molecule has 2 fully saturated rings. The van der Waals surface area contributed by atoms with Gasteiger partial charge in [0.1, 0.15) is 0 Å². The fraction of sp³-hybridized carbons (Fsp3) is 0.867. The highest BCUT2D eigenvalue weighted by molar-refractivity contribution is 5.79. The van der Waals surface area contributed by atoms with Gasteiger partial charge in [0, 0.05) is 26.2 Å². The van der Waals surface area contributed by atoms with Crippen LogP contribution >= 0.6 is 0 Å². The molecule has 0 aromatic heterocycles. The van der Waals surface area contributed by atoms with Gasteiger partial charge in [-0.3, -0.25) is 4.79 Å². The molecule has 0 bridgehead atoms. The lowest BCUT2D eigenvalue weighted by atomic mass is 9.83. The van der Waals surface area contributed by atoms with Gasteiger partial charge in [-0.25, -0.2) is 4.79 Å². The molecule has 2 heterocycles. The first kappa shape index (κ1) is 16.1. The minimum absolute atomic E-state index is 0.108. The Hall–Kier alpha value is -1.30. The van der Waals surface area contributed by atoms with E-state index in [1.165, 1.54) is 0 Å². The molecule has 2 N–H and O–H groups in total. The number of likely N-dealkylation sites (tertiary alicyclic amines) is 2. The number of amides is 2. The summed E-state index contributed by atoms with van der Waals surface area (Å²) in [7, 11) is 2.09. The molecule has 21 heavy (non-hydrogen) atoms. The van der Waals surface area contributed by atoms with Gasteiger partial charge in [-0.15, -0.1) is 0 Å². The van der Waals surface area contributed by atoms with Crippen LogP contribution in [0.4, 0.5) is 4.79 Å². The largest absolute Gasteiger partial charge is 0.481 e. The van der Waals surface area contributed by atoms with Gasteiger partial charge >= 0.3 is 12.0 Å². The summed E-state index contributed by atoms with van der Waals surface area (Å²) in [6.45, 7) is 5.67. The van der Waals surface area contributed by atoms with Crippen molar-refractivity contribution in [3.8, 4) is 0 Å². The van der Waals surface area contributed by atoms with E-state index >= 15 is 0 Å². The molecule has 120 valence electrons. The van der Waals surface area contributed by atoms with Crippen LogP contribution in [0, 0.1) is 11.3 Å². The maximum absolute atomic E-state index is 12.2. The highest BCUT2D eigenvalue weighted by atomic mass is 16.4. The summed E-state index contributed by atoms with van der Waals surface area (Å²) in [5.74, 6) is -0.251. The number of nitrogens with one attached hydrogen (secondary N) is 1. The van der Waals surface area contributed by atoms with E-state index in [0.717, 1.165) is 25.9 Å². The average Bonchev–Trinajstić information content (AvgIpc) is 3.04. The fourth-order valence-electron chi connectivity index (χ4n) is 3.55. The summed E-state index contributed by atoms with van der Waals surface area (Å²) in [4.78, 5) is 27.7. The maximum Gasteiger partial charge on any atom is 0.317 e. The zero-order valence-electron chi connectivity index (χ0n) is 13.1. The molecule has 0 aliphatic carbocycles. The number of carbonyl (C=O) groups is 2. The Balaban J connectivity index is 1.82. The van der Waals surface area contributed by atoms with Gasteiger partial charge in [0.05, 0.1) is 5.41 Å². The molecule has 2 aliphatic heterocycles. The number of carboxylic acids is 1. The molecule has 6 nitrogen and oxygen atoms in total. The summed E-state index contributed by atoms with van der Waals surface area (Å²) in [6, 6.07) is -0.108. The van der Waals surface area contributed by atoms with Crippen LogP contribution in [0.1, 0.15) is 32.6 Å². The normalized spacial score (nSPS) is 29.8. The number of carboxylic acid groups (broad SMARTS) is 1. The number of aliphatic carboxylic acids is 1. The smallest absolute Gasteiger partial charge is 0.317 e. The highest BCUT2D eigenvalue weighted by Crippen LogP contribution is 2.35.